The van der Waals surface area contributed by atoms with E-state index in [2.05, 4.69) is 15.4 Å². The van der Waals surface area contributed by atoms with Crippen molar-refractivity contribution in [2.75, 3.05) is 19.9 Å². The number of aromatic nitrogens is 3. The smallest absolute Gasteiger partial charge is 0.264 e. The lowest BCUT2D eigenvalue weighted by Gasteiger charge is -2.32. The van der Waals surface area contributed by atoms with Crippen LogP contribution in [0.5, 0.6) is 11.5 Å². The Kier molecular flexibility index (Phi) is 4.93. The van der Waals surface area contributed by atoms with Crippen LogP contribution < -0.4 is 15.0 Å². The molecule has 9 heteroatoms. The fraction of sp³-hybridized carbons (Fsp3) is 0.364. The third-order valence-electron chi connectivity index (χ3n) is 5.76. The number of rotatable bonds is 4. The number of fused-ring (bicyclic) bond motifs is 1. The second kappa shape index (κ2) is 7.90. The Morgan fingerprint density at radius 2 is 1.97 bits per heavy atom. The van der Waals surface area contributed by atoms with E-state index in [1.165, 1.54) is 6.07 Å². The lowest BCUT2D eigenvalue weighted by atomic mass is 9.90. The first kappa shape index (κ1) is 19.3. The molecule has 160 valence electrons. The summed E-state index contributed by atoms with van der Waals surface area (Å²) in [6.45, 7) is 3.31. The van der Waals surface area contributed by atoms with E-state index in [1.54, 1.807) is 6.07 Å². The number of piperidine rings is 1. The molecule has 4 heterocycles. The Balaban J connectivity index is 1.26. The van der Waals surface area contributed by atoms with Crippen molar-refractivity contribution in [1.29, 1.82) is 0 Å². The predicted molar refractivity (Wildman–Crippen MR) is 110 cm³/mol. The number of likely N-dealkylation sites (tertiary alicyclic amines) is 1. The van der Waals surface area contributed by atoms with Crippen LogP contribution in [0.1, 0.15) is 35.7 Å². The minimum Gasteiger partial charge on any atom is -0.454 e. The largest absolute Gasteiger partial charge is 0.454 e. The number of hydrogen-bond acceptors (Lipinski definition) is 7. The number of nitrogens with one attached hydrogen (secondary N) is 1. The molecule has 1 aromatic carbocycles. The van der Waals surface area contributed by atoms with Gasteiger partial charge in [0.05, 0.1) is 17.8 Å². The number of H-pyrrole nitrogens is 1. The van der Waals surface area contributed by atoms with Crippen molar-refractivity contribution in [1.82, 2.24) is 20.3 Å². The average Bonchev–Trinajstić information content (AvgIpc) is 3.42. The van der Waals surface area contributed by atoms with Crippen LogP contribution in [0.2, 0.25) is 0 Å². The monoisotopic (exact) mass is 422 g/mol. The van der Waals surface area contributed by atoms with Crippen LogP contribution in [-0.4, -0.2) is 46.0 Å². The summed E-state index contributed by atoms with van der Waals surface area (Å²) in [6.07, 6.45) is 1.83. The molecule has 1 N–H and O–H groups in total. The second-order valence-corrected chi connectivity index (χ2v) is 7.88. The molecular weight excluding hydrogens is 400 g/mol. The number of amides is 1. The lowest BCUT2D eigenvalue weighted by molar-refractivity contribution is -0.131. The molecule has 0 saturated carbocycles. The molecule has 0 radical (unpaired) electrons. The Morgan fingerprint density at radius 3 is 2.74 bits per heavy atom. The van der Waals surface area contributed by atoms with Gasteiger partial charge in [-0.15, -0.1) is 0 Å². The summed E-state index contributed by atoms with van der Waals surface area (Å²) in [7, 11) is 0. The molecule has 1 fully saturated rings. The van der Waals surface area contributed by atoms with E-state index in [0.29, 0.717) is 42.3 Å². The highest BCUT2D eigenvalue weighted by atomic mass is 16.7. The summed E-state index contributed by atoms with van der Waals surface area (Å²) < 4.78 is 16.1. The van der Waals surface area contributed by atoms with Gasteiger partial charge in [-0.2, -0.15) is 5.10 Å². The van der Waals surface area contributed by atoms with Crippen molar-refractivity contribution in [2.45, 2.75) is 32.1 Å². The maximum Gasteiger partial charge on any atom is 0.264 e. The number of hydrogen-bond donors (Lipinski definition) is 1. The van der Waals surface area contributed by atoms with E-state index in [9.17, 15) is 9.59 Å². The number of aryl methyl sites for hydroxylation is 1. The van der Waals surface area contributed by atoms with Crippen LogP contribution in [0.15, 0.2) is 39.6 Å². The first-order valence-corrected chi connectivity index (χ1v) is 10.3. The van der Waals surface area contributed by atoms with E-state index in [4.69, 9.17) is 14.0 Å². The Hall–Kier alpha value is -3.62. The second-order valence-electron chi connectivity index (χ2n) is 7.88. The topological polar surface area (TPSA) is 111 Å². The van der Waals surface area contributed by atoms with Gasteiger partial charge in [-0.25, -0.2) is 5.10 Å². The number of ether oxygens (including phenoxy) is 2. The fourth-order valence-corrected chi connectivity index (χ4v) is 4.15. The molecule has 0 aliphatic carbocycles. The van der Waals surface area contributed by atoms with E-state index >= 15 is 0 Å². The minimum atomic E-state index is -0.288. The van der Waals surface area contributed by atoms with Gasteiger partial charge in [0.2, 0.25) is 12.7 Å². The Labute approximate surface area is 178 Å². The van der Waals surface area contributed by atoms with Crippen LogP contribution >= 0.6 is 0 Å². The van der Waals surface area contributed by atoms with E-state index in [1.807, 2.05) is 30.0 Å². The molecule has 1 amide bonds. The molecule has 1 saturated heterocycles. The number of aromatic amines is 1. The van der Waals surface area contributed by atoms with Crippen molar-refractivity contribution < 1.29 is 18.8 Å². The van der Waals surface area contributed by atoms with Crippen LogP contribution in [0.4, 0.5) is 0 Å². The first-order chi connectivity index (χ1) is 15.1. The zero-order valence-corrected chi connectivity index (χ0v) is 17.1. The van der Waals surface area contributed by atoms with E-state index in [0.717, 1.165) is 29.8 Å². The quantitative estimate of drug-likeness (QED) is 0.687. The predicted octanol–water partition coefficient (Wildman–Crippen LogP) is 2.41. The van der Waals surface area contributed by atoms with Gasteiger partial charge in [0.1, 0.15) is 0 Å². The van der Waals surface area contributed by atoms with Crippen LogP contribution in [-0.2, 0) is 11.2 Å². The molecule has 3 aromatic rings. The Morgan fingerprint density at radius 1 is 1.16 bits per heavy atom. The molecular formula is C22H22N4O5. The van der Waals surface area contributed by atoms with Crippen molar-refractivity contribution >= 4 is 5.91 Å². The van der Waals surface area contributed by atoms with Gasteiger partial charge in [0, 0.05) is 36.7 Å². The first-order valence-electron chi connectivity index (χ1n) is 10.3. The third kappa shape index (κ3) is 3.90. The highest BCUT2D eigenvalue weighted by molar-refractivity contribution is 5.79. The molecule has 2 aliphatic rings. The third-order valence-corrected chi connectivity index (χ3v) is 5.76. The highest BCUT2D eigenvalue weighted by Gasteiger charge is 2.28. The van der Waals surface area contributed by atoms with E-state index < -0.39 is 0 Å². The van der Waals surface area contributed by atoms with Crippen molar-refractivity contribution in [3.8, 4) is 22.8 Å². The average molecular weight is 422 g/mol. The van der Waals surface area contributed by atoms with Crippen LogP contribution in [0.3, 0.4) is 0 Å². The summed E-state index contributed by atoms with van der Waals surface area (Å²) in [5, 5.41) is 10.8. The Bertz CT molecular complexity index is 1180. The van der Waals surface area contributed by atoms with Gasteiger partial charge in [-0.05, 0) is 37.5 Å². The van der Waals surface area contributed by atoms with Crippen molar-refractivity contribution in [2.24, 2.45) is 0 Å². The molecule has 0 atom stereocenters. The normalized spacial score (nSPS) is 16.0. The summed E-state index contributed by atoms with van der Waals surface area (Å²) in [5.74, 6) is 2.13. The maximum atomic E-state index is 12.8. The summed E-state index contributed by atoms with van der Waals surface area (Å²) in [4.78, 5) is 26.5. The maximum absolute atomic E-state index is 12.8. The fourth-order valence-electron chi connectivity index (χ4n) is 4.15. The molecule has 5 rings (SSSR count). The SMILES string of the molecule is Cc1cc(-c2cc(=O)[nH]nc2C2CCN(C(=O)Cc3ccc4c(c3)OCO4)CC2)on1. The molecule has 0 bridgehead atoms. The number of carbonyl (C=O) groups excluding carboxylic acids is 1. The molecule has 2 aliphatic heterocycles. The highest BCUT2D eigenvalue weighted by Crippen LogP contribution is 2.34. The zero-order valence-electron chi connectivity index (χ0n) is 17.1. The van der Waals surface area contributed by atoms with Gasteiger partial charge in [0.15, 0.2) is 17.3 Å². The number of carbonyl (C=O) groups is 1. The standard InChI is InChI=1S/C22H22N4O5/c1-13-8-18(31-25-13)16-11-20(27)23-24-22(16)15-4-6-26(7-5-15)21(28)10-14-2-3-17-19(9-14)30-12-29-17/h2-3,8-9,11,15H,4-7,10,12H2,1H3,(H,23,27). The van der Waals surface area contributed by atoms with Crippen molar-refractivity contribution in [3.05, 3.63) is 57.6 Å². The van der Waals surface area contributed by atoms with Crippen LogP contribution in [0, 0.1) is 6.92 Å². The molecule has 2 aromatic heterocycles. The van der Waals surface area contributed by atoms with Gasteiger partial charge >= 0.3 is 0 Å². The number of nitrogens with zero attached hydrogens (tertiary/aromatic N) is 3. The van der Waals surface area contributed by atoms with Gasteiger partial charge in [-0.3, -0.25) is 9.59 Å². The van der Waals surface area contributed by atoms with Gasteiger partial charge in [0.25, 0.3) is 5.56 Å². The zero-order chi connectivity index (χ0) is 21.4. The summed E-state index contributed by atoms with van der Waals surface area (Å²) in [6, 6.07) is 8.89. The van der Waals surface area contributed by atoms with Crippen molar-refractivity contribution in [3.63, 3.8) is 0 Å². The lowest BCUT2D eigenvalue weighted by Crippen LogP contribution is -2.39. The molecule has 9 nitrogen and oxygen atoms in total. The van der Waals surface area contributed by atoms with E-state index in [-0.39, 0.29) is 24.2 Å². The molecule has 0 spiro atoms. The van der Waals surface area contributed by atoms with Gasteiger partial charge in [-0.1, -0.05) is 11.2 Å². The van der Waals surface area contributed by atoms with Gasteiger partial charge < -0.3 is 18.9 Å². The summed E-state index contributed by atoms with van der Waals surface area (Å²) >= 11 is 0. The number of benzene rings is 1. The van der Waals surface area contributed by atoms with Crippen LogP contribution in [0.25, 0.3) is 11.3 Å². The minimum absolute atomic E-state index is 0.0813. The summed E-state index contributed by atoms with van der Waals surface area (Å²) in [5.41, 5.74) is 2.80. The molecule has 0 unspecified atom stereocenters. The molecule has 31 heavy (non-hydrogen) atoms.